The minimum absolute atomic E-state index is 0.241. The fourth-order valence-corrected chi connectivity index (χ4v) is 3.55. The summed E-state index contributed by atoms with van der Waals surface area (Å²) in [7, 11) is -2.00. The lowest BCUT2D eigenvalue weighted by molar-refractivity contribution is 0.285. The van der Waals surface area contributed by atoms with Crippen LogP contribution in [0, 0.1) is 13.8 Å². The summed E-state index contributed by atoms with van der Waals surface area (Å²) in [6.07, 6.45) is 5.15. The van der Waals surface area contributed by atoms with E-state index in [9.17, 15) is 8.42 Å². The molecule has 1 N–H and O–H groups in total. The van der Waals surface area contributed by atoms with Gasteiger partial charge in [0.2, 0.25) is 15.9 Å². The van der Waals surface area contributed by atoms with E-state index in [2.05, 4.69) is 20.2 Å². The number of hydrogen-bond acceptors (Lipinski definition) is 6. The van der Waals surface area contributed by atoms with Gasteiger partial charge in [0, 0.05) is 26.0 Å². The zero-order valence-corrected chi connectivity index (χ0v) is 13.6. The van der Waals surface area contributed by atoms with E-state index >= 15 is 0 Å². The monoisotopic (exact) mass is 325 g/mol. The number of aromatic nitrogens is 4. The van der Waals surface area contributed by atoms with Crippen molar-refractivity contribution in [3.63, 3.8) is 0 Å². The van der Waals surface area contributed by atoms with E-state index in [1.165, 1.54) is 16.7 Å². The fourth-order valence-electron chi connectivity index (χ4n) is 2.02. The van der Waals surface area contributed by atoms with Crippen LogP contribution in [0.3, 0.4) is 0 Å². The highest BCUT2D eigenvalue weighted by Crippen LogP contribution is 2.20. The molecule has 0 saturated carbocycles. The van der Waals surface area contributed by atoms with Gasteiger partial charge in [-0.3, -0.25) is 10.1 Å². The minimum atomic E-state index is -3.55. The van der Waals surface area contributed by atoms with Gasteiger partial charge in [-0.05, 0) is 20.3 Å². The molecule has 120 valence electrons. The summed E-state index contributed by atoms with van der Waals surface area (Å²) in [5.74, 6) is 0.425. The number of sulfonamides is 1. The normalized spacial score (nSPS) is 11.8. The maximum absolute atomic E-state index is 12.5. The van der Waals surface area contributed by atoms with Gasteiger partial charge in [0.15, 0.2) is 0 Å². The summed E-state index contributed by atoms with van der Waals surface area (Å²) in [6.45, 7) is 4.06. The molecule has 2 aromatic rings. The van der Waals surface area contributed by atoms with Crippen LogP contribution in [0.1, 0.15) is 17.8 Å². The molecule has 0 bridgehead atoms. The highest BCUT2D eigenvalue weighted by Gasteiger charge is 2.26. The molecule has 0 radical (unpaired) electrons. The average molecular weight is 325 g/mol. The molecule has 0 aliphatic carbocycles. The van der Waals surface area contributed by atoms with Crippen LogP contribution >= 0.6 is 0 Å². The van der Waals surface area contributed by atoms with Crippen LogP contribution in [-0.2, 0) is 10.0 Å². The average Bonchev–Trinajstić information content (AvgIpc) is 2.84. The molecule has 0 amide bonds. The molecule has 2 aromatic heterocycles. The van der Waals surface area contributed by atoms with Crippen LogP contribution in [0.5, 0.6) is 5.88 Å². The van der Waals surface area contributed by atoms with E-state index in [-0.39, 0.29) is 4.90 Å². The van der Waals surface area contributed by atoms with Crippen molar-refractivity contribution in [3.8, 4) is 5.88 Å². The molecule has 0 aliphatic heterocycles. The smallest absolute Gasteiger partial charge is 0.246 e. The zero-order chi connectivity index (χ0) is 16.2. The van der Waals surface area contributed by atoms with Crippen LogP contribution in [0.15, 0.2) is 23.5 Å². The maximum atomic E-state index is 12.5. The number of ether oxygens (including phenoxy) is 1. The number of H-pyrrole nitrogens is 1. The first-order chi connectivity index (χ1) is 10.4. The molecular weight excluding hydrogens is 306 g/mol. The SMILES string of the molecule is Cc1n[nH]c(C)c1S(=O)(=O)N(C)CCCOc1cnccn1. The van der Waals surface area contributed by atoms with E-state index in [1.807, 2.05) is 0 Å². The molecule has 2 rings (SSSR count). The van der Waals surface area contributed by atoms with E-state index in [0.29, 0.717) is 36.8 Å². The summed E-state index contributed by atoms with van der Waals surface area (Å²) in [5.41, 5.74) is 1.01. The van der Waals surface area contributed by atoms with Crippen LogP contribution < -0.4 is 4.74 Å². The second-order valence-electron chi connectivity index (χ2n) is 4.84. The van der Waals surface area contributed by atoms with Gasteiger partial charge in [-0.1, -0.05) is 0 Å². The van der Waals surface area contributed by atoms with E-state index in [0.717, 1.165) is 0 Å². The predicted molar refractivity (Wildman–Crippen MR) is 80.0 cm³/mol. The van der Waals surface area contributed by atoms with Gasteiger partial charge in [-0.15, -0.1) is 0 Å². The molecule has 0 fully saturated rings. The summed E-state index contributed by atoms with van der Waals surface area (Å²) in [6, 6.07) is 0. The Morgan fingerprint density at radius 2 is 2.09 bits per heavy atom. The number of hydrogen-bond donors (Lipinski definition) is 1. The number of aromatic amines is 1. The van der Waals surface area contributed by atoms with Gasteiger partial charge in [-0.2, -0.15) is 5.10 Å². The molecule has 0 aromatic carbocycles. The van der Waals surface area contributed by atoms with Crippen molar-refractivity contribution < 1.29 is 13.2 Å². The fraction of sp³-hybridized carbons (Fsp3) is 0.462. The summed E-state index contributed by atoms with van der Waals surface area (Å²) < 4.78 is 31.7. The van der Waals surface area contributed by atoms with Gasteiger partial charge < -0.3 is 4.74 Å². The van der Waals surface area contributed by atoms with Crippen molar-refractivity contribution in [3.05, 3.63) is 30.0 Å². The first-order valence-corrected chi connectivity index (χ1v) is 8.23. The molecule has 0 aliphatic rings. The lowest BCUT2D eigenvalue weighted by Gasteiger charge is -2.17. The molecule has 2 heterocycles. The zero-order valence-electron chi connectivity index (χ0n) is 12.8. The number of rotatable bonds is 7. The molecule has 0 spiro atoms. The summed E-state index contributed by atoms with van der Waals surface area (Å²) in [4.78, 5) is 8.11. The van der Waals surface area contributed by atoms with Crippen molar-refractivity contribution in [1.29, 1.82) is 0 Å². The Bertz CT molecular complexity index is 695. The number of aryl methyl sites for hydroxylation is 2. The molecule has 22 heavy (non-hydrogen) atoms. The van der Waals surface area contributed by atoms with Gasteiger partial charge in [0.05, 0.1) is 24.2 Å². The van der Waals surface area contributed by atoms with Crippen LogP contribution in [0.4, 0.5) is 0 Å². The number of nitrogens with zero attached hydrogens (tertiary/aromatic N) is 4. The second-order valence-corrected chi connectivity index (χ2v) is 6.82. The van der Waals surface area contributed by atoms with Gasteiger partial charge in [0.25, 0.3) is 0 Å². The van der Waals surface area contributed by atoms with Crippen molar-refractivity contribution in [2.45, 2.75) is 25.2 Å². The van der Waals surface area contributed by atoms with Gasteiger partial charge >= 0.3 is 0 Å². The third-order valence-electron chi connectivity index (χ3n) is 3.14. The summed E-state index contributed by atoms with van der Waals surface area (Å²) in [5, 5.41) is 6.62. The van der Waals surface area contributed by atoms with Crippen LogP contribution in [-0.4, -0.2) is 53.1 Å². The first kappa shape index (κ1) is 16.4. The molecular formula is C13H19N5O3S. The molecule has 0 atom stereocenters. The standard InChI is InChI=1S/C13H19N5O3S/c1-10-13(11(2)17-16-10)22(19,20)18(3)7-4-8-21-12-9-14-5-6-15-12/h5-6,9H,4,7-8H2,1-3H3,(H,16,17). The van der Waals surface area contributed by atoms with E-state index in [4.69, 9.17) is 4.74 Å². The molecule has 0 unspecified atom stereocenters. The molecule has 8 nitrogen and oxygen atoms in total. The Balaban J connectivity index is 1.90. The molecule has 0 saturated heterocycles. The highest BCUT2D eigenvalue weighted by molar-refractivity contribution is 7.89. The van der Waals surface area contributed by atoms with Gasteiger partial charge in [0.1, 0.15) is 4.90 Å². The molecule has 9 heteroatoms. The maximum Gasteiger partial charge on any atom is 0.246 e. The highest BCUT2D eigenvalue weighted by atomic mass is 32.2. The second kappa shape index (κ2) is 6.84. The van der Waals surface area contributed by atoms with Crippen molar-refractivity contribution in [2.24, 2.45) is 0 Å². The van der Waals surface area contributed by atoms with Crippen LogP contribution in [0.2, 0.25) is 0 Å². The third kappa shape index (κ3) is 3.60. The quantitative estimate of drug-likeness (QED) is 0.759. The largest absolute Gasteiger partial charge is 0.477 e. The van der Waals surface area contributed by atoms with Crippen LogP contribution in [0.25, 0.3) is 0 Å². The Labute approximate surface area is 129 Å². The lowest BCUT2D eigenvalue weighted by atomic mass is 10.4. The lowest BCUT2D eigenvalue weighted by Crippen LogP contribution is -2.29. The van der Waals surface area contributed by atoms with E-state index < -0.39 is 10.0 Å². The Morgan fingerprint density at radius 1 is 1.32 bits per heavy atom. The first-order valence-electron chi connectivity index (χ1n) is 6.79. The van der Waals surface area contributed by atoms with Gasteiger partial charge in [-0.25, -0.2) is 17.7 Å². The Hall–Kier alpha value is -2.00. The predicted octanol–water partition coefficient (Wildman–Crippen LogP) is 0.906. The van der Waals surface area contributed by atoms with E-state index in [1.54, 1.807) is 27.1 Å². The number of nitrogens with one attached hydrogen (secondary N) is 1. The Morgan fingerprint density at radius 3 is 2.68 bits per heavy atom. The Kier molecular flexibility index (Phi) is 5.09. The minimum Gasteiger partial charge on any atom is -0.477 e. The van der Waals surface area contributed by atoms with Crippen molar-refractivity contribution >= 4 is 10.0 Å². The van der Waals surface area contributed by atoms with Crippen molar-refractivity contribution in [1.82, 2.24) is 24.5 Å². The topological polar surface area (TPSA) is 101 Å². The van der Waals surface area contributed by atoms with Crippen molar-refractivity contribution in [2.75, 3.05) is 20.2 Å². The summed E-state index contributed by atoms with van der Waals surface area (Å²) >= 11 is 0. The third-order valence-corrected chi connectivity index (χ3v) is 5.26.